The van der Waals surface area contributed by atoms with Gasteiger partial charge in [0.1, 0.15) is 0 Å². The zero-order valence-corrected chi connectivity index (χ0v) is 9.47. The van der Waals surface area contributed by atoms with Crippen LogP contribution in [-0.2, 0) is 0 Å². The molecule has 0 N–H and O–H groups in total. The summed E-state index contributed by atoms with van der Waals surface area (Å²) in [7, 11) is 0. The van der Waals surface area contributed by atoms with Crippen molar-refractivity contribution in [3.05, 3.63) is 73.4 Å². The minimum Gasteiger partial charge on any atom is -0.0991 e. The van der Waals surface area contributed by atoms with Crippen molar-refractivity contribution in [2.24, 2.45) is 0 Å². The quantitative estimate of drug-likeness (QED) is 0.536. The van der Waals surface area contributed by atoms with Crippen molar-refractivity contribution in [3.8, 4) is 0 Å². The average molecular weight is 200 g/mol. The summed E-state index contributed by atoms with van der Waals surface area (Å²) in [4.78, 5) is 0. The lowest BCUT2D eigenvalue weighted by molar-refractivity contribution is 1.45. The first-order chi connectivity index (χ1) is 7.41. The molecule has 0 saturated heterocycles. The highest BCUT2D eigenvalue weighted by Gasteiger charge is 1.72. The second kappa shape index (κ2) is 12.4. The van der Waals surface area contributed by atoms with E-state index in [1.807, 2.05) is 19.1 Å². The molecule has 2 rings (SSSR count). The summed E-state index contributed by atoms with van der Waals surface area (Å²) in [6.07, 6.45) is 24.6. The van der Waals surface area contributed by atoms with E-state index >= 15 is 0 Å². The molecule has 0 spiro atoms. The van der Waals surface area contributed by atoms with Gasteiger partial charge in [0.25, 0.3) is 0 Å². The van der Waals surface area contributed by atoms with Crippen LogP contribution < -0.4 is 0 Å². The van der Waals surface area contributed by atoms with Crippen molar-refractivity contribution in [2.45, 2.75) is 19.8 Å². The minimum absolute atomic E-state index is 1.14. The van der Waals surface area contributed by atoms with Gasteiger partial charge in [-0.2, -0.15) is 0 Å². The Morgan fingerprint density at radius 2 is 1.27 bits per heavy atom. The highest BCUT2D eigenvalue weighted by atomic mass is 13.8. The third-order valence-corrected chi connectivity index (χ3v) is 1.64. The molecule has 0 aromatic carbocycles. The molecule has 0 bridgehead atoms. The van der Waals surface area contributed by atoms with E-state index in [0.29, 0.717) is 0 Å². The highest BCUT2D eigenvalue weighted by molar-refractivity contribution is 5.12. The highest BCUT2D eigenvalue weighted by Crippen LogP contribution is 1.93. The Morgan fingerprint density at radius 3 is 1.33 bits per heavy atom. The fraction of sp³-hybridized carbons (Fsp3) is 0.200. The van der Waals surface area contributed by atoms with Gasteiger partial charge in [-0.3, -0.25) is 0 Å². The monoisotopic (exact) mass is 200 g/mol. The molecule has 0 aromatic rings. The number of allylic oxidation sites excluding steroid dienone is 11. The van der Waals surface area contributed by atoms with E-state index in [0.717, 1.165) is 12.8 Å². The van der Waals surface area contributed by atoms with Crippen LogP contribution in [-0.4, -0.2) is 0 Å². The van der Waals surface area contributed by atoms with Gasteiger partial charge in [-0.15, -0.1) is 0 Å². The normalized spacial score (nSPS) is 14.7. The maximum atomic E-state index is 3.46. The Morgan fingerprint density at radius 1 is 0.867 bits per heavy atom. The largest absolute Gasteiger partial charge is 0.0991 e. The molecule has 0 aromatic heterocycles. The van der Waals surface area contributed by atoms with E-state index in [1.54, 1.807) is 6.08 Å². The molecule has 0 atom stereocenters. The van der Waals surface area contributed by atoms with Gasteiger partial charge in [-0.05, 0) is 19.8 Å². The van der Waals surface area contributed by atoms with E-state index in [9.17, 15) is 0 Å². The van der Waals surface area contributed by atoms with Gasteiger partial charge in [-0.25, -0.2) is 0 Å². The Kier molecular flexibility index (Phi) is 11.1. The van der Waals surface area contributed by atoms with Crippen LogP contribution in [0.3, 0.4) is 0 Å². The summed E-state index contributed by atoms with van der Waals surface area (Å²) in [6, 6.07) is 0. The fourth-order valence-corrected chi connectivity index (χ4v) is 0.922. The lowest BCUT2D eigenvalue weighted by atomic mass is 10.5. The van der Waals surface area contributed by atoms with Gasteiger partial charge in [0.2, 0.25) is 0 Å². The van der Waals surface area contributed by atoms with Crippen molar-refractivity contribution in [3.63, 3.8) is 0 Å². The Labute approximate surface area is 93.7 Å². The first-order valence-electron chi connectivity index (χ1n) is 5.29. The molecule has 0 saturated carbocycles. The molecule has 2 aliphatic rings. The number of hydrogen-bond acceptors (Lipinski definition) is 0. The van der Waals surface area contributed by atoms with Crippen LogP contribution >= 0.6 is 0 Å². The number of rotatable bonds is 1. The first-order valence-corrected chi connectivity index (χ1v) is 5.29. The summed E-state index contributed by atoms with van der Waals surface area (Å²) in [5.41, 5.74) is 0. The summed E-state index contributed by atoms with van der Waals surface area (Å²) >= 11 is 0. The van der Waals surface area contributed by atoms with Crippen molar-refractivity contribution >= 4 is 0 Å². The van der Waals surface area contributed by atoms with E-state index in [1.165, 1.54) is 0 Å². The molecule has 0 heteroatoms. The summed E-state index contributed by atoms with van der Waals surface area (Å²) in [6.45, 7) is 5.42. The molecule has 0 fully saturated rings. The van der Waals surface area contributed by atoms with Crippen LogP contribution in [0.15, 0.2) is 73.4 Å². The van der Waals surface area contributed by atoms with Gasteiger partial charge in [0, 0.05) is 0 Å². The van der Waals surface area contributed by atoms with Crippen molar-refractivity contribution in [1.82, 2.24) is 0 Å². The van der Waals surface area contributed by atoms with Gasteiger partial charge < -0.3 is 0 Å². The first kappa shape index (κ1) is 13.4. The molecule has 0 aliphatic heterocycles. The lowest BCUT2D eigenvalue weighted by Gasteiger charge is -1.57. The molecule has 80 valence electrons. The maximum absolute atomic E-state index is 3.46. The average Bonchev–Trinajstić information content (AvgIpc) is 2.99. The standard InChI is InChI=1S/2C5H6.C5H8/c2*1-2-4-5-3-1;1-3-5-4-2/h2*1-4H,5H2;3-5H,1H2,2H3. The second-order valence-corrected chi connectivity index (χ2v) is 2.95. The molecule has 0 nitrogen and oxygen atoms in total. The topological polar surface area (TPSA) is 0 Å². The molecule has 0 amide bonds. The molecule has 0 radical (unpaired) electrons. The predicted octanol–water partition coefficient (Wildman–Crippen LogP) is 4.75. The van der Waals surface area contributed by atoms with Crippen LogP contribution in [0.25, 0.3) is 0 Å². The second-order valence-electron chi connectivity index (χ2n) is 2.95. The Hall–Kier alpha value is -1.56. The summed E-state index contributed by atoms with van der Waals surface area (Å²) in [5, 5.41) is 0. The smallest absolute Gasteiger partial charge is 0.0163 e. The van der Waals surface area contributed by atoms with E-state index in [2.05, 4.69) is 55.2 Å². The molecule has 0 heterocycles. The van der Waals surface area contributed by atoms with E-state index in [4.69, 9.17) is 0 Å². The van der Waals surface area contributed by atoms with Gasteiger partial charge in [0.15, 0.2) is 0 Å². The fourth-order valence-electron chi connectivity index (χ4n) is 0.922. The third kappa shape index (κ3) is 12.4. The van der Waals surface area contributed by atoms with Crippen LogP contribution in [0, 0.1) is 0 Å². The molecular formula is C15H20. The molecule has 15 heavy (non-hydrogen) atoms. The van der Waals surface area contributed by atoms with Gasteiger partial charge in [-0.1, -0.05) is 73.4 Å². The number of hydrogen-bond donors (Lipinski definition) is 0. The van der Waals surface area contributed by atoms with Crippen molar-refractivity contribution in [2.75, 3.05) is 0 Å². The Bertz CT molecular complexity index is 227. The van der Waals surface area contributed by atoms with E-state index in [-0.39, 0.29) is 0 Å². The zero-order valence-electron chi connectivity index (χ0n) is 9.47. The maximum Gasteiger partial charge on any atom is -0.0163 e. The van der Waals surface area contributed by atoms with Crippen molar-refractivity contribution < 1.29 is 0 Å². The lowest BCUT2D eigenvalue weighted by Crippen LogP contribution is -1.37. The molecular weight excluding hydrogens is 180 g/mol. The summed E-state index contributed by atoms with van der Waals surface area (Å²) in [5.74, 6) is 0. The zero-order chi connectivity index (χ0) is 11.2. The third-order valence-electron chi connectivity index (χ3n) is 1.64. The minimum atomic E-state index is 1.14. The van der Waals surface area contributed by atoms with Crippen LogP contribution in [0.4, 0.5) is 0 Å². The SMILES string of the molecule is C1=CCC=C1.C1=CCC=C1.C=CC=CC. The van der Waals surface area contributed by atoms with Crippen LogP contribution in [0.5, 0.6) is 0 Å². The Balaban J connectivity index is 0.000000196. The predicted molar refractivity (Wildman–Crippen MR) is 70.8 cm³/mol. The van der Waals surface area contributed by atoms with Crippen LogP contribution in [0.2, 0.25) is 0 Å². The molecule has 2 aliphatic carbocycles. The van der Waals surface area contributed by atoms with E-state index < -0.39 is 0 Å². The van der Waals surface area contributed by atoms with Crippen molar-refractivity contribution in [1.29, 1.82) is 0 Å². The molecule has 0 unspecified atom stereocenters. The summed E-state index contributed by atoms with van der Waals surface area (Å²) < 4.78 is 0. The van der Waals surface area contributed by atoms with Crippen LogP contribution in [0.1, 0.15) is 19.8 Å². The van der Waals surface area contributed by atoms with Gasteiger partial charge >= 0.3 is 0 Å². The van der Waals surface area contributed by atoms with Gasteiger partial charge in [0.05, 0.1) is 0 Å².